The zero-order valence-corrected chi connectivity index (χ0v) is 22.2. The summed E-state index contributed by atoms with van der Waals surface area (Å²) < 4.78 is 26.0. The van der Waals surface area contributed by atoms with Crippen molar-refractivity contribution in [2.75, 3.05) is 30.5 Å². The number of nitrogens with zero attached hydrogens (tertiary/aromatic N) is 7. The van der Waals surface area contributed by atoms with E-state index in [1.807, 2.05) is 24.6 Å². The molecule has 1 amide bonds. The molecule has 0 aromatic carbocycles. The number of aromatic nitrogens is 6. The van der Waals surface area contributed by atoms with Crippen LogP contribution >= 0.6 is 0 Å². The highest BCUT2D eigenvalue weighted by molar-refractivity contribution is 5.85. The first-order valence-electron chi connectivity index (χ1n) is 12.7. The fourth-order valence-corrected chi connectivity index (χ4v) is 4.72. The second-order valence-electron chi connectivity index (χ2n) is 9.89. The lowest BCUT2D eigenvalue weighted by molar-refractivity contribution is -0.0532. The molecule has 14 heteroatoms. The molecule has 6 rings (SSSR count). The van der Waals surface area contributed by atoms with E-state index < -0.39 is 11.7 Å². The van der Waals surface area contributed by atoms with Gasteiger partial charge in [-0.2, -0.15) is 15.3 Å². The van der Waals surface area contributed by atoms with Crippen molar-refractivity contribution in [3.63, 3.8) is 0 Å². The van der Waals surface area contributed by atoms with E-state index in [0.717, 1.165) is 5.69 Å². The normalized spacial score (nSPS) is 17.7. The molecule has 6 heterocycles. The average Bonchev–Trinajstić information content (AvgIpc) is 3.65. The molecule has 4 aromatic heterocycles. The first-order chi connectivity index (χ1) is 19.3. The van der Waals surface area contributed by atoms with E-state index in [2.05, 4.69) is 36.8 Å². The molecule has 14 nitrogen and oxygen atoms in total. The Morgan fingerprint density at radius 3 is 2.90 bits per heavy atom. The Kier molecular flexibility index (Phi) is 6.45. The van der Waals surface area contributed by atoms with Crippen LogP contribution in [0.3, 0.4) is 0 Å². The molecule has 0 aliphatic carbocycles. The minimum absolute atomic E-state index is 0.226. The van der Waals surface area contributed by atoms with Gasteiger partial charge in [0.25, 0.3) is 0 Å². The Morgan fingerprint density at radius 1 is 1.25 bits per heavy atom. The average molecular weight is 546 g/mol. The number of carbonyl (C=O) groups is 1. The summed E-state index contributed by atoms with van der Waals surface area (Å²) in [6.07, 6.45) is 2.65. The summed E-state index contributed by atoms with van der Waals surface area (Å²) in [6.45, 7) is 6.18. The van der Waals surface area contributed by atoms with E-state index in [1.165, 1.54) is 18.5 Å². The molecule has 0 spiro atoms. The third-order valence-corrected chi connectivity index (χ3v) is 6.73. The predicted molar refractivity (Wildman–Crippen MR) is 141 cm³/mol. The number of rotatable bonds is 6. The summed E-state index contributed by atoms with van der Waals surface area (Å²) in [6, 6.07) is 7.27. The quantitative estimate of drug-likeness (QED) is 0.364. The SMILES string of the molecule is Cn1c(Nc2cc3n(n2)CCOC3(C)C)nc2ncc(Oc3ccnc(NC(=O)O[C@@H]4CCOC4)c3)c(C#N)c21. The maximum absolute atomic E-state index is 12.2. The van der Waals surface area contributed by atoms with Crippen LogP contribution in [0.2, 0.25) is 0 Å². The first kappa shape index (κ1) is 25.5. The zero-order valence-electron chi connectivity index (χ0n) is 22.2. The molecule has 2 N–H and O–H groups in total. The molecule has 40 heavy (non-hydrogen) atoms. The summed E-state index contributed by atoms with van der Waals surface area (Å²) in [5.74, 6) is 1.88. The van der Waals surface area contributed by atoms with Crippen LogP contribution in [0.1, 0.15) is 31.5 Å². The standard InChI is InChI=1S/C26H27N9O5/c1-26(2)19-11-21(33-35(19)7-9-38-26)30-24-32-23-22(34(24)3)17(12-27)18(13-29-23)39-15-4-6-28-20(10-15)31-25(36)40-16-5-8-37-14-16/h4,6,10-11,13,16H,5,7-9,14H2,1-3H3,(H,28,31,36)(H,29,30,32,33)/t16-/m1/s1. The lowest BCUT2D eigenvalue weighted by atomic mass is 10.0. The van der Waals surface area contributed by atoms with Crippen molar-refractivity contribution in [3.8, 4) is 17.6 Å². The molecular weight excluding hydrogens is 518 g/mol. The van der Waals surface area contributed by atoms with Gasteiger partial charge in [-0.25, -0.2) is 14.8 Å². The van der Waals surface area contributed by atoms with Crippen molar-refractivity contribution < 1.29 is 23.7 Å². The van der Waals surface area contributed by atoms with Crippen molar-refractivity contribution in [2.24, 2.45) is 7.05 Å². The second kappa shape index (κ2) is 10.1. The number of hydrogen-bond acceptors (Lipinski definition) is 11. The van der Waals surface area contributed by atoms with Gasteiger partial charge in [-0.05, 0) is 19.9 Å². The summed E-state index contributed by atoms with van der Waals surface area (Å²) in [4.78, 5) is 25.3. The zero-order chi connectivity index (χ0) is 27.9. The molecule has 0 unspecified atom stereocenters. The number of nitriles is 1. The minimum Gasteiger partial charge on any atom is -0.454 e. The fourth-order valence-electron chi connectivity index (χ4n) is 4.72. The monoisotopic (exact) mass is 545 g/mol. The third-order valence-electron chi connectivity index (χ3n) is 6.73. The number of hydrogen-bond donors (Lipinski definition) is 2. The lowest BCUT2D eigenvalue weighted by Crippen LogP contribution is -2.33. The van der Waals surface area contributed by atoms with Gasteiger partial charge in [0.05, 0.1) is 38.3 Å². The number of aryl methyl sites for hydroxylation is 1. The van der Waals surface area contributed by atoms with Gasteiger partial charge in [0.2, 0.25) is 5.95 Å². The largest absolute Gasteiger partial charge is 0.454 e. The fraction of sp³-hybridized carbons (Fsp3) is 0.385. The van der Waals surface area contributed by atoms with Crippen LogP contribution in [0.5, 0.6) is 11.5 Å². The Labute approximate surface area is 228 Å². The number of amides is 1. The summed E-state index contributed by atoms with van der Waals surface area (Å²) in [7, 11) is 1.78. The molecule has 4 aromatic rings. The maximum Gasteiger partial charge on any atom is 0.413 e. The molecule has 1 saturated heterocycles. The van der Waals surface area contributed by atoms with Gasteiger partial charge < -0.3 is 28.8 Å². The molecule has 0 bridgehead atoms. The lowest BCUT2D eigenvalue weighted by Gasteiger charge is -2.30. The summed E-state index contributed by atoms with van der Waals surface area (Å²) in [5, 5.41) is 20.5. The van der Waals surface area contributed by atoms with Gasteiger partial charge in [0.1, 0.15) is 40.4 Å². The van der Waals surface area contributed by atoms with Gasteiger partial charge in [-0.15, -0.1) is 0 Å². The van der Waals surface area contributed by atoms with E-state index in [0.29, 0.717) is 61.5 Å². The second-order valence-corrected chi connectivity index (χ2v) is 9.89. The van der Waals surface area contributed by atoms with Gasteiger partial charge in [0.15, 0.2) is 17.2 Å². The van der Waals surface area contributed by atoms with E-state index in [1.54, 1.807) is 17.7 Å². The molecule has 1 atom stereocenters. The van der Waals surface area contributed by atoms with Crippen molar-refractivity contribution >= 4 is 34.8 Å². The van der Waals surface area contributed by atoms with Crippen molar-refractivity contribution in [2.45, 2.75) is 38.5 Å². The van der Waals surface area contributed by atoms with Crippen LogP contribution in [0, 0.1) is 11.3 Å². The Morgan fingerprint density at radius 2 is 2.12 bits per heavy atom. The van der Waals surface area contributed by atoms with Crippen molar-refractivity contribution in [1.29, 1.82) is 5.26 Å². The van der Waals surface area contributed by atoms with Crippen molar-refractivity contribution in [1.82, 2.24) is 29.3 Å². The molecule has 0 saturated carbocycles. The molecule has 0 radical (unpaired) electrons. The molecule has 2 aliphatic rings. The Bertz CT molecular complexity index is 1630. The van der Waals surface area contributed by atoms with Crippen LogP contribution in [-0.2, 0) is 33.4 Å². The molecule has 1 fully saturated rings. The van der Waals surface area contributed by atoms with E-state index in [-0.39, 0.29) is 23.2 Å². The smallest absolute Gasteiger partial charge is 0.413 e. The number of anilines is 3. The number of fused-ring (bicyclic) bond motifs is 2. The number of pyridine rings is 2. The molecular formula is C26H27N9O5. The number of ether oxygens (including phenoxy) is 4. The van der Waals surface area contributed by atoms with Crippen LogP contribution in [0.4, 0.5) is 22.4 Å². The highest BCUT2D eigenvalue weighted by Crippen LogP contribution is 2.34. The van der Waals surface area contributed by atoms with E-state index in [9.17, 15) is 10.1 Å². The van der Waals surface area contributed by atoms with E-state index >= 15 is 0 Å². The Hall–Kier alpha value is -4.74. The Balaban J connectivity index is 1.23. The number of nitrogens with one attached hydrogen (secondary N) is 2. The molecule has 2 aliphatic heterocycles. The van der Waals surface area contributed by atoms with Gasteiger partial charge >= 0.3 is 6.09 Å². The number of imidazole rings is 1. The van der Waals surface area contributed by atoms with Gasteiger partial charge in [-0.1, -0.05) is 0 Å². The summed E-state index contributed by atoms with van der Waals surface area (Å²) in [5.41, 5.74) is 1.62. The topological polar surface area (TPSA) is 163 Å². The number of carbonyl (C=O) groups excluding carboxylic acids is 1. The summed E-state index contributed by atoms with van der Waals surface area (Å²) >= 11 is 0. The van der Waals surface area contributed by atoms with E-state index in [4.69, 9.17) is 18.9 Å². The van der Waals surface area contributed by atoms with Crippen LogP contribution < -0.4 is 15.4 Å². The van der Waals surface area contributed by atoms with Gasteiger partial charge in [0, 0.05) is 31.8 Å². The van der Waals surface area contributed by atoms with Gasteiger partial charge in [-0.3, -0.25) is 10.00 Å². The van der Waals surface area contributed by atoms with Crippen LogP contribution in [0.25, 0.3) is 11.2 Å². The minimum atomic E-state index is -0.634. The molecule has 206 valence electrons. The van der Waals surface area contributed by atoms with Crippen molar-refractivity contribution in [3.05, 3.63) is 41.9 Å². The highest BCUT2D eigenvalue weighted by Gasteiger charge is 2.31. The maximum atomic E-state index is 12.2. The third kappa shape index (κ3) is 4.88. The van der Waals surface area contributed by atoms with Crippen LogP contribution in [0.15, 0.2) is 30.6 Å². The van der Waals surface area contributed by atoms with Crippen LogP contribution in [-0.4, -0.2) is 61.3 Å². The predicted octanol–water partition coefficient (Wildman–Crippen LogP) is 3.57. The highest BCUT2D eigenvalue weighted by atomic mass is 16.6. The first-order valence-corrected chi connectivity index (χ1v) is 12.7.